The first-order valence-electron chi connectivity index (χ1n) is 16.2. The highest BCUT2D eigenvalue weighted by atomic mass is 16.7. The first-order valence-corrected chi connectivity index (χ1v) is 16.2. The van der Waals surface area contributed by atoms with E-state index in [-0.39, 0.29) is 35.5 Å². The smallest absolute Gasteiger partial charge is 0.230 e. The van der Waals surface area contributed by atoms with Crippen molar-refractivity contribution >= 4 is 11.8 Å². The normalized spacial score (nSPS) is 47.6. The largest absolute Gasteiger partial charge is 0.353 e. The number of allylic oxidation sites excluding steroid dienone is 1. The van der Waals surface area contributed by atoms with E-state index in [1.54, 1.807) is 5.57 Å². The van der Waals surface area contributed by atoms with Gasteiger partial charge in [0.2, 0.25) is 11.8 Å². The lowest BCUT2D eigenvalue weighted by molar-refractivity contribution is -0.272. The van der Waals surface area contributed by atoms with Gasteiger partial charge in [-0.15, -0.1) is 0 Å². The van der Waals surface area contributed by atoms with Crippen LogP contribution in [0, 0.1) is 46.3 Å². The lowest BCUT2D eigenvalue weighted by Crippen LogP contribution is -2.53. The van der Waals surface area contributed by atoms with Crippen LogP contribution in [0.3, 0.4) is 0 Å². The maximum Gasteiger partial charge on any atom is 0.230 e. The van der Waals surface area contributed by atoms with E-state index in [1.807, 2.05) is 19.0 Å². The number of amides is 2. The number of hydrogen-bond acceptors (Lipinski definition) is 5. The fourth-order valence-corrected chi connectivity index (χ4v) is 10.5. The van der Waals surface area contributed by atoms with Gasteiger partial charge in [0.1, 0.15) is 6.42 Å². The molecule has 0 aromatic rings. The Balaban J connectivity index is 1.11. The molecule has 40 heavy (non-hydrogen) atoms. The number of nitrogens with zero attached hydrogens (tertiary/aromatic N) is 1. The Hall–Kier alpha value is -1.44. The summed E-state index contributed by atoms with van der Waals surface area (Å²) in [7, 11) is 3.78. The molecule has 4 aliphatic carbocycles. The molecule has 3 saturated carbocycles. The van der Waals surface area contributed by atoms with E-state index in [1.165, 1.54) is 25.7 Å². The second-order valence-electron chi connectivity index (χ2n) is 15.3. The highest BCUT2D eigenvalue weighted by Gasteiger charge is 2.68. The van der Waals surface area contributed by atoms with Crippen molar-refractivity contribution in [2.75, 3.05) is 27.4 Å². The van der Waals surface area contributed by atoms with E-state index in [0.717, 1.165) is 50.5 Å². The van der Waals surface area contributed by atoms with Crippen molar-refractivity contribution < 1.29 is 19.1 Å². The van der Waals surface area contributed by atoms with Crippen LogP contribution < -0.4 is 10.6 Å². The van der Waals surface area contributed by atoms with Gasteiger partial charge in [-0.25, -0.2) is 0 Å². The molecule has 2 heterocycles. The molecule has 7 nitrogen and oxygen atoms in total. The molecule has 11 atom stereocenters. The van der Waals surface area contributed by atoms with Crippen LogP contribution in [0.15, 0.2) is 11.6 Å². The Bertz CT molecular complexity index is 1030. The van der Waals surface area contributed by atoms with E-state index in [0.29, 0.717) is 41.9 Å². The molecule has 224 valence electrons. The first-order chi connectivity index (χ1) is 18.9. The third kappa shape index (κ3) is 4.66. The fraction of sp³-hybridized carbons (Fsp3) is 0.879. The number of nitrogens with one attached hydrogen (secondary N) is 2. The predicted molar refractivity (Wildman–Crippen MR) is 155 cm³/mol. The van der Waals surface area contributed by atoms with E-state index in [4.69, 9.17) is 9.47 Å². The lowest BCUT2D eigenvalue weighted by Gasteiger charge is -2.58. The third-order valence-electron chi connectivity index (χ3n) is 12.6. The van der Waals surface area contributed by atoms with Gasteiger partial charge in [0.15, 0.2) is 5.79 Å². The lowest BCUT2D eigenvalue weighted by atomic mass is 9.46. The number of carbonyl (C=O) groups excluding carboxylic acids is 2. The van der Waals surface area contributed by atoms with Crippen LogP contribution in [0.25, 0.3) is 0 Å². The zero-order chi connectivity index (χ0) is 28.4. The summed E-state index contributed by atoms with van der Waals surface area (Å²) in [5, 5.41) is 5.97. The molecule has 2 amide bonds. The van der Waals surface area contributed by atoms with Crippen molar-refractivity contribution in [3.05, 3.63) is 11.6 Å². The molecule has 0 aromatic heterocycles. The quantitative estimate of drug-likeness (QED) is 0.288. The SMILES string of the molecule is C[C@@H]1CC[C@@]2(OC1)O[C@H]1C[C@H]3[C@@H]4CC=C5C[C@@H](NC(=O)CC(=O)NCN(C)C)CC[C@]5(C)[C@H]4CC[C@]3(C)[C@H]1[C@@H]2C. The average molecular weight is 556 g/mol. The Morgan fingerprint density at radius 3 is 2.58 bits per heavy atom. The third-order valence-corrected chi connectivity index (χ3v) is 12.6. The summed E-state index contributed by atoms with van der Waals surface area (Å²) in [4.78, 5) is 26.6. The molecular weight excluding hydrogens is 502 g/mol. The van der Waals surface area contributed by atoms with Crippen molar-refractivity contribution in [2.45, 2.75) is 110 Å². The predicted octanol–water partition coefficient (Wildman–Crippen LogP) is 4.86. The number of ether oxygens (including phenoxy) is 2. The minimum atomic E-state index is -0.339. The highest BCUT2D eigenvalue weighted by Crippen LogP contribution is 2.70. The molecule has 1 spiro atoms. The molecule has 6 aliphatic rings. The molecule has 0 bridgehead atoms. The Kier molecular flexibility index (Phi) is 7.44. The van der Waals surface area contributed by atoms with Gasteiger partial charge in [-0.2, -0.15) is 0 Å². The fourth-order valence-electron chi connectivity index (χ4n) is 10.5. The number of fused-ring (bicyclic) bond motifs is 7. The van der Waals surface area contributed by atoms with E-state index >= 15 is 0 Å². The Labute approximate surface area is 241 Å². The monoisotopic (exact) mass is 555 g/mol. The van der Waals surface area contributed by atoms with Crippen molar-refractivity contribution in [2.24, 2.45) is 46.3 Å². The molecule has 2 saturated heterocycles. The molecule has 2 N–H and O–H groups in total. The van der Waals surface area contributed by atoms with Gasteiger partial charge in [0, 0.05) is 18.4 Å². The molecule has 2 aliphatic heterocycles. The van der Waals surface area contributed by atoms with Gasteiger partial charge in [0.25, 0.3) is 0 Å². The molecule has 7 heteroatoms. The van der Waals surface area contributed by atoms with E-state index in [9.17, 15) is 9.59 Å². The minimum Gasteiger partial charge on any atom is -0.353 e. The molecule has 5 fully saturated rings. The van der Waals surface area contributed by atoms with Crippen LogP contribution >= 0.6 is 0 Å². The first kappa shape index (κ1) is 28.7. The van der Waals surface area contributed by atoms with Crippen LogP contribution in [-0.4, -0.2) is 62.0 Å². The number of rotatable bonds is 5. The number of carbonyl (C=O) groups is 2. The zero-order valence-corrected chi connectivity index (χ0v) is 25.8. The van der Waals surface area contributed by atoms with Crippen LogP contribution in [0.1, 0.15) is 91.9 Å². The van der Waals surface area contributed by atoms with Crippen molar-refractivity contribution in [1.29, 1.82) is 0 Å². The second-order valence-corrected chi connectivity index (χ2v) is 15.3. The molecular formula is C33H53N3O4. The summed E-state index contributed by atoms with van der Waals surface area (Å²) in [6.45, 7) is 11.1. The van der Waals surface area contributed by atoms with Crippen LogP contribution in [-0.2, 0) is 19.1 Å². The van der Waals surface area contributed by atoms with Gasteiger partial charge in [-0.1, -0.05) is 39.3 Å². The molecule has 0 unspecified atom stereocenters. The summed E-state index contributed by atoms with van der Waals surface area (Å²) < 4.78 is 13.4. The maximum atomic E-state index is 12.6. The van der Waals surface area contributed by atoms with Crippen molar-refractivity contribution in [3.8, 4) is 0 Å². The summed E-state index contributed by atoms with van der Waals surface area (Å²) in [5.41, 5.74) is 2.11. The summed E-state index contributed by atoms with van der Waals surface area (Å²) in [6, 6.07) is 0.133. The zero-order valence-electron chi connectivity index (χ0n) is 25.8. The maximum absolute atomic E-state index is 12.6. The van der Waals surface area contributed by atoms with Gasteiger partial charge in [-0.3, -0.25) is 14.5 Å². The van der Waals surface area contributed by atoms with E-state index < -0.39 is 0 Å². The van der Waals surface area contributed by atoms with Crippen LogP contribution in [0.4, 0.5) is 0 Å². The summed E-state index contributed by atoms with van der Waals surface area (Å²) in [6.07, 6.45) is 13.1. The highest BCUT2D eigenvalue weighted by molar-refractivity contribution is 5.96. The molecule has 6 rings (SSSR count). The Morgan fingerprint density at radius 1 is 1.05 bits per heavy atom. The second kappa shape index (κ2) is 10.4. The molecule has 0 aromatic carbocycles. The van der Waals surface area contributed by atoms with Crippen molar-refractivity contribution in [3.63, 3.8) is 0 Å². The van der Waals surface area contributed by atoms with Gasteiger partial charge < -0.3 is 20.1 Å². The standard InChI is InChI=1S/C33H53N3O4/c1-20-9-14-33(39-18-20)21(2)30-27(40-33)16-26-24-8-7-22-15-23(35-29(38)17-28(37)34-19-36(5)6)10-12-31(22,3)25(24)11-13-32(26,30)4/h7,20-21,23-27,30H,8-19H2,1-6H3,(H,34,37)(H,35,38)/t20-,21+,23+,24-,25+,26+,27+,30+,31+,32+,33-/m1/s1. The molecule has 0 radical (unpaired) electrons. The summed E-state index contributed by atoms with van der Waals surface area (Å²) in [5.74, 6) is 3.15. The van der Waals surface area contributed by atoms with Crippen molar-refractivity contribution in [1.82, 2.24) is 15.5 Å². The van der Waals surface area contributed by atoms with Gasteiger partial charge >= 0.3 is 0 Å². The summed E-state index contributed by atoms with van der Waals surface area (Å²) >= 11 is 0. The average Bonchev–Trinajstić information content (AvgIpc) is 3.34. The van der Waals surface area contributed by atoms with E-state index in [2.05, 4.69) is 44.4 Å². The Morgan fingerprint density at radius 2 is 1.85 bits per heavy atom. The van der Waals surface area contributed by atoms with Crippen LogP contribution in [0.5, 0.6) is 0 Å². The van der Waals surface area contributed by atoms with Gasteiger partial charge in [0.05, 0.1) is 19.4 Å². The topological polar surface area (TPSA) is 79.9 Å². The minimum absolute atomic E-state index is 0.0974. The van der Waals surface area contributed by atoms with Gasteiger partial charge in [-0.05, 0) is 106 Å². The number of hydrogen-bond donors (Lipinski definition) is 2. The van der Waals surface area contributed by atoms with Crippen LogP contribution in [0.2, 0.25) is 0 Å².